The number of benzene rings is 2. The Balaban J connectivity index is 2.30. The van der Waals surface area contributed by atoms with Crippen molar-refractivity contribution in [3.05, 3.63) is 68.7 Å². The molecule has 2 aromatic rings. The zero-order valence-corrected chi connectivity index (χ0v) is 13.0. The second-order valence-electron chi connectivity index (χ2n) is 4.80. The smallest absolute Gasteiger partial charge is 0.271 e. The highest BCUT2D eigenvalue weighted by Gasteiger charge is 2.33. The maximum Gasteiger partial charge on any atom is 0.416 e. The highest BCUT2D eigenvalue weighted by molar-refractivity contribution is 6.30. The number of hydrogen-bond donors (Lipinski definition) is 1. The maximum absolute atomic E-state index is 12.6. The molecule has 2 rings (SSSR count). The zero-order valence-electron chi connectivity index (χ0n) is 12.3. The number of alkyl halides is 3. The first-order valence-corrected chi connectivity index (χ1v) is 6.98. The Labute approximate surface area is 139 Å². The number of nitrogens with one attached hydrogen (secondary N) is 1. The summed E-state index contributed by atoms with van der Waals surface area (Å²) in [4.78, 5) is 10.1. The summed E-state index contributed by atoms with van der Waals surface area (Å²) >= 11 is 5.77. The number of nitrogens with zero attached hydrogens (tertiary/aromatic N) is 2. The largest absolute Gasteiger partial charge is 0.416 e. The summed E-state index contributed by atoms with van der Waals surface area (Å²) in [5.41, 5.74) is 1.68. The number of rotatable bonds is 4. The third-order valence-electron chi connectivity index (χ3n) is 3.13. The van der Waals surface area contributed by atoms with Gasteiger partial charge in [0.1, 0.15) is 5.69 Å². The van der Waals surface area contributed by atoms with Crippen LogP contribution in [0.15, 0.2) is 47.6 Å². The molecule has 0 spiro atoms. The van der Waals surface area contributed by atoms with Crippen LogP contribution in [0.4, 0.5) is 24.5 Å². The summed E-state index contributed by atoms with van der Waals surface area (Å²) in [6.07, 6.45) is -4.66. The van der Waals surface area contributed by atoms with Gasteiger partial charge < -0.3 is 0 Å². The van der Waals surface area contributed by atoms with E-state index in [4.69, 9.17) is 11.6 Å². The van der Waals surface area contributed by atoms with Crippen LogP contribution in [-0.4, -0.2) is 10.6 Å². The van der Waals surface area contributed by atoms with Gasteiger partial charge in [0.2, 0.25) is 0 Å². The molecule has 0 radical (unpaired) electrons. The maximum atomic E-state index is 12.6. The minimum atomic E-state index is -4.66. The van der Waals surface area contributed by atoms with Crippen LogP contribution in [0.1, 0.15) is 18.1 Å². The van der Waals surface area contributed by atoms with Gasteiger partial charge in [-0.05, 0) is 36.8 Å². The molecule has 0 aromatic heterocycles. The summed E-state index contributed by atoms with van der Waals surface area (Å²) in [5, 5.41) is 15.5. The fourth-order valence-electron chi connectivity index (χ4n) is 1.85. The van der Waals surface area contributed by atoms with Crippen molar-refractivity contribution >= 4 is 28.7 Å². The SMILES string of the molecule is C/C(=N\Nc1ccc(C(F)(F)F)cc1[N+](=O)[O-])c1ccc(Cl)cc1. The van der Waals surface area contributed by atoms with Crippen molar-refractivity contribution in [1.82, 2.24) is 0 Å². The molecule has 0 fully saturated rings. The van der Waals surface area contributed by atoms with Gasteiger partial charge in [0.15, 0.2) is 0 Å². The molecule has 126 valence electrons. The van der Waals surface area contributed by atoms with Gasteiger partial charge in [-0.2, -0.15) is 18.3 Å². The molecule has 1 N–H and O–H groups in total. The Morgan fingerprint density at radius 1 is 1.21 bits per heavy atom. The highest BCUT2D eigenvalue weighted by atomic mass is 35.5. The molecular weight excluding hydrogens is 347 g/mol. The van der Waals surface area contributed by atoms with Gasteiger partial charge in [-0.25, -0.2) is 0 Å². The number of anilines is 1. The lowest BCUT2D eigenvalue weighted by molar-refractivity contribution is -0.384. The molecule has 0 bridgehead atoms. The fraction of sp³-hybridized carbons (Fsp3) is 0.133. The van der Waals surface area contributed by atoms with Crippen LogP contribution in [0.25, 0.3) is 0 Å². The third kappa shape index (κ3) is 4.23. The first-order chi connectivity index (χ1) is 11.2. The Morgan fingerprint density at radius 2 is 1.83 bits per heavy atom. The van der Waals surface area contributed by atoms with E-state index in [1.165, 1.54) is 0 Å². The summed E-state index contributed by atoms with van der Waals surface area (Å²) in [7, 11) is 0. The van der Waals surface area contributed by atoms with E-state index < -0.39 is 22.4 Å². The lowest BCUT2D eigenvalue weighted by Gasteiger charge is -2.09. The molecule has 0 unspecified atom stereocenters. The van der Waals surface area contributed by atoms with Crippen LogP contribution in [0.3, 0.4) is 0 Å². The molecular formula is C15H11ClF3N3O2. The van der Waals surface area contributed by atoms with Crippen molar-refractivity contribution < 1.29 is 18.1 Å². The van der Waals surface area contributed by atoms with Crippen LogP contribution >= 0.6 is 11.6 Å². The minimum absolute atomic E-state index is 0.138. The topological polar surface area (TPSA) is 67.5 Å². The number of hydrogen-bond acceptors (Lipinski definition) is 4. The van der Waals surface area contributed by atoms with Crippen molar-refractivity contribution in [3.8, 4) is 0 Å². The summed E-state index contributed by atoms with van der Waals surface area (Å²) < 4.78 is 37.9. The Hall–Kier alpha value is -2.61. The molecule has 24 heavy (non-hydrogen) atoms. The van der Waals surface area contributed by atoms with Crippen LogP contribution in [0.2, 0.25) is 5.02 Å². The van der Waals surface area contributed by atoms with Crippen LogP contribution in [0.5, 0.6) is 0 Å². The summed E-state index contributed by atoms with van der Waals surface area (Å²) in [5.74, 6) is 0. The number of nitro benzene ring substituents is 1. The van der Waals surface area contributed by atoms with Gasteiger partial charge in [0, 0.05) is 11.1 Å². The van der Waals surface area contributed by atoms with Gasteiger partial charge in [0.05, 0.1) is 16.2 Å². The van der Waals surface area contributed by atoms with E-state index in [0.717, 1.165) is 12.1 Å². The lowest BCUT2D eigenvalue weighted by Crippen LogP contribution is -2.07. The number of halogens is 4. The van der Waals surface area contributed by atoms with Crippen LogP contribution in [-0.2, 0) is 6.18 Å². The van der Waals surface area contributed by atoms with E-state index in [0.29, 0.717) is 22.4 Å². The first kappa shape index (κ1) is 17.7. The van der Waals surface area contributed by atoms with Crippen molar-refractivity contribution in [2.45, 2.75) is 13.1 Å². The second-order valence-corrected chi connectivity index (χ2v) is 5.24. The monoisotopic (exact) mass is 357 g/mol. The average molecular weight is 358 g/mol. The fourth-order valence-corrected chi connectivity index (χ4v) is 1.98. The predicted molar refractivity (Wildman–Crippen MR) is 85.4 cm³/mol. The van der Waals surface area contributed by atoms with E-state index in [1.807, 2.05) is 0 Å². The zero-order chi connectivity index (χ0) is 17.9. The van der Waals surface area contributed by atoms with Gasteiger partial charge in [-0.1, -0.05) is 23.7 Å². The van der Waals surface area contributed by atoms with Crippen LogP contribution < -0.4 is 5.43 Å². The van der Waals surface area contributed by atoms with Gasteiger partial charge in [-0.15, -0.1) is 0 Å². The van der Waals surface area contributed by atoms with Crippen molar-refractivity contribution in [3.63, 3.8) is 0 Å². The number of nitro groups is 1. The minimum Gasteiger partial charge on any atom is -0.271 e. The first-order valence-electron chi connectivity index (χ1n) is 6.60. The van der Waals surface area contributed by atoms with Crippen molar-refractivity contribution in [2.75, 3.05) is 5.43 Å². The standard InChI is InChI=1S/C15H11ClF3N3O2/c1-9(10-2-5-12(16)6-3-10)20-21-13-7-4-11(15(17,18)19)8-14(13)22(23)24/h2-8,21H,1H3/b20-9+. The van der Waals surface area contributed by atoms with E-state index in [9.17, 15) is 23.3 Å². The lowest BCUT2D eigenvalue weighted by atomic mass is 10.1. The van der Waals surface area contributed by atoms with E-state index in [-0.39, 0.29) is 5.69 Å². The average Bonchev–Trinajstić information content (AvgIpc) is 2.52. The van der Waals surface area contributed by atoms with E-state index in [1.54, 1.807) is 31.2 Å². The van der Waals surface area contributed by atoms with E-state index in [2.05, 4.69) is 10.5 Å². The Bertz CT molecular complexity index is 790. The highest BCUT2D eigenvalue weighted by Crippen LogP contribution is 2.35. The van der Waals surface area contributed by atoms with E-state index >= 15 is 0 Å². The molecule has 0 amide bonds. The van der Waals surface area contributed by atoms with Crippen molar-refractivity contribution in [1.29, 1.82) is 0 Å². The quantitative estimate of drug-likeness (QED) is 0.470. The van der Waals surface area contributed by atoms with Gasteiger partial charge in [-0.3, -0.25) is 15.5 Å². The molecule has 0 aliphatic heterocycles. The Kier molecular flexibility index (Phi) is 5.08. The molecule has 0 atom stereocenters. The second kappa shape index (κ2) is 6.88. The molecule has 0 heterocycles. The van der Waals surface area contributed by atoms with Gasteiger partial charge >= 0.3 is 6.18 Å². The molecule has 0 aliphatic carbocycles. The summed E-state index contributed by atoms with van der Waals surface area (Å²) in [6.45, 7) is 1.64. The third-order valence-corrected chi connectivity index (χ3v) is 3.38. The van der Waals surface area contributed by atoms with Crippen LogP contribution in [0, 0.1) is 10.1 Å². The summed E-state index contributed by atoms with van der Waals surface area (Å²) in [6, 6.07) is 8.89. The normalized spacial score (nSPS) is 12.1. The molecule has 9 heteroatoms. The molecule has 0 aliphatic rings. The van der Waals surface area contributed by atoms with Crippen molar-refractivity contribution in [2.24, 2.45) is 5.10 Å². The molecule has 2 aromatic carbocycles. The predicted octanol–water partition coefficient (Wildman–Crippen LogP) is 5.10. The molecule has 0 saturated carbocycles. The molecule has 0 saturated heterocycles. The Morgan fingerprint density at radius 3 is 2.38 bits per heavy atom. The molecule has 5 nitrogen and oxygen atoms in total. The number of hydrazone groups is 1. The van der Waals surface area contributed by atoms with Gasteiger partial charge in [0.25, 0.3) is 5.69 Å².